The molecule has 2 aromatic heterocycles. The van der Waals surface area contributed by atoms with Crippen LogP contribution in [0.2, 0.25) is 0 Å². The second-order valence-corrected chi connectivity index (χ2v) is 5.84. The van der Waals surface area contributed by atoms with E-state index in [-0.39, 0.29) is 11.9 Å². The second kappa shape index (κ2) is 6.64. The summed E-state index contributed by atoms with van der Waals surface area (Å²) in [5.74, 6) is 0.822. The zero-order valence-corrected chi connectivity index (χ0v) is 13.4. The van der Waals surface area contributed by atoms with Gasteiger partial charge in [0.15, 0.2) is 0 Å². The molecular formula is C17H21N5O. The zero-order valence-electron chi connectivity index (χ0n) is 13.4. The lowest BCUT2D eigenvalue weighted by molar-refractivity contribution is -0.121. The summed E-state index contributed by atoms with van der Waals surface area (Å²) in [7, 11) is 0. The third kappa shape index (κ3) is 3.77. The fourth-order valence-electron chi connectivity index (χ4n) is 2.57. The number of imidazole rings is 2. The molecule has 0 unspecified atom stereocenters. The number of hydrogen-bond acceptors (Lipinski definition) is 3. The van der Waals surface area contributed by atoms with E-state index in [4.69, 9.17) is 0 Å². The Hall–Kier alpha value is -2.63. The van der Waals surface area contributed by atoms with Gasteiger partial charge in [-0.1, -0.05) is 6.07 Å². The first kappa shape index (κ1) is 15.3. The molecule has 6 nitrogen and oxygen atoms in total. The van der Waals surface area contributed by atoms with Crippen molar-refractivity contribution in [1.29, 1.82) is 0 Å². The van der Waals surface area contributed by atoms with Crippen LogP contribution in [0, 0.1) is 6.92 Å². The van der Waals surface area contributed by atoms with Crippen LogP contribution in [0.1, 0.15) is 37.2 Å². The number of nitrogens with zero attached hydrogens (tertiary/aromatic N) is 3. The molecule has 0 saturated heterocycles. The maximum Gasteiger partial charge on any atom is 0.220 e. The van der Waals surface area contributed by atoms with E-state index in [0.717, 1.165) is 29.8 Å². The highest BCUT2D eigenvalue weighted by Crippen LogP contribution is 2.17. The number of hydrogen-bond donors (Lipinski definition) is 2. The zero-order chi connectivity index (χ0) is 16.2. The highest BCUT2D eigenvalue weighted by atomic mass is 16.1. The molecule has 0 radical (unpaired) electrons. The number of aryl methyl sites for hydroxylation is 2. The normalized spacial score (nSPS) is 12.4. The highest BCUT2D eigenvalue weighted by molar-refractivity contribution is 5.77. The minimum absolute atomic E-state index is 0.0363. The van der Waals surface area contributed by atoms with Crippen molar-refractivity contribution in [2.75, 3.05) is 0 Å². The molecule has 23 heavy (non-hydrogen) atoms. The Morgan fingerprint density at radius 2 is 2.30 bits per heavy atom. The average molecular weight is 311 g/mol. The number of fused-ring (bicyclic) bond motifs is 1. The van der Waals surface area contributed by atoms with Crippen molar-refractivity contribution in [1.82, 2.24) is 24.8 Å². The molecule has 6 heteroatoms. The van der Waals surface area contributed by atoms with Crippen LogP contribution in [0.4, 0.5) is 0 Å². The number of benzene rings is 1. The topological polar surface area (TPSA) is 75.6 Å². The molecule has 1 aromatic carbocycles. The van der Waals surface area contributed by atoms with Crippen LogP contribution in [0.15, 0.2) is 36.9 Å². The van der Waals surface area contributed by atoms with Gasteiger partial charge < -0.3 is 14.9 Å². The summed E-state index contributed by atoms with van der Waals surface area (Å²) in [5, 5.41) is 2.99. The first-order valence-electron chi connectivity index (χ1n) is 7.83. The van der Waals surface area contributed by atoms with E-state index in [1.165, 1.54) is 5.56 Å². The van der Waals surface area contributed by atoms with Gasteiger partial charge in [-0.3, -0.25) is 4.79 Å². The van der Waals surface area contributed by atoms with Crippen molar-refractivity contribution in [3.05, 3.63) is 48.3 Å². The van der Waals surface area contributed by atoms with Gasteiger partial charge in [-0.15, -0.1) is 0 Å². The van der Waals surface area contributed by atoms with Gasteiger partial charge in [0.2, 0.25) is 5.91 Å². The van der Waals surface area contributed by atoms with Crippen LogP contribution < -0.4 is 5.32 Å². The quantitative estimate of drug-likeness (QED) is 0.735. The molecule has 0 aliphatic rings. The van der Waals surface area contributed by atoms with E-state index in [0.29, 0.717) is 6.42 Å². The van der Waals surface area contributed by atoms with Crippen molar-refractivity contribution < 1.29 is 4.79 Å². The van der Waals surface area contributed by atoms with Crippen LogP contribution in [0.25, 0.3) is 11.0 Å². The fraction of sp³-hybridized carbons (Fsp3) is 0.353. The molecule has 2 heterocycles. The molecule has 3 rings (SSSR count). The Balaban J connectivity index is 1.54. The first-order chi connectivity index (χ1) is 11.1. The summed E-state index contributed by atoms with van der Waals surface area (Å²) in [6.45, 7) is 4.79. The van der Waals surface area contributed by atoms with Crippen molar-refractivity contribution in [2.45, 2.75) is 39.3 Å². The van der Waals surface area contributed by atoms with Crippen molar-refractivity contribution >= 4 is 16.9 Å². The number of aromatic nitrogens is 4. The average Bonchev–Trinajstić information content (AvgIpc) is 3.15. The Kier molecular flexibility index (Phi) is 4.41. The number of amides is 1. The third-order valence-electron chi connectivity index (χ3n) is 3.82. The number of rotatable bonds is 6. The van der Waals surface area contributed by atoms with Crippen LogP contribution in [0.3, 0.4) is 0 Å². The SMILES string of the molecule is Cc1ccc2nc([C@H](C)NC(=O)CCCn3ccnc3)[nH]c2c1. The van der Waals surface area contributed by atoms with E-state index in [2.05, 4.69) is 26.3 Å². The Morgan fingerprint density at radius 3 is 3.09 bits per heavy atom. The molecule has 2 N–H and O–H groups in total. The number of nitrogens with one attached hydrogen (secondary N) is 2. The van der Waals surface area contributed by atoms with Crippen LogP contribution in [-0.4, -0.2) is 25.4 Å². The number of H-pyrrole nitrogens is 1. The second-order valence-electron chi connectivity index (χ2n) is 5.84. The van der Waals surface area contributed by atoms with Gasteiger partial charge in [0.05, 0.1) is 23.4 Å². The molecule has 0 saturated carbocycles. The minimum Gasteiger partial charge on any atom is -0.346 e. The minimum atomic E-state index is -0.136. The molecule has 3 aromatic rings. The maximum absolute atomic E-state index is 12.0. The van der Waals surface area contributed by atoms with E-state index >= 15 is 0 Å². The van der Waals surface area contributed by atoms with E-state index in [1.54, 1.807) is 12.5 Å². The summed E-state index contributed by atoms with van der Waals surface area (Å²) in [4.78, 5) is 23.9. The number of carbonyl (C=O) groups is 1. The van der Waals surface area contributed by atoms with Crippen LogP contribution in [0.5, 0.6) is 0 Å². The standard InChI is InChI=1S/C17H21N5O/c1-12-5-6-14-15(10-12)21-17(20-14)13(2)19-16(23)4-3-8-22-9-7-18-11-22/h5-7,9-11,13H,3-4,8H2,1-2H3,(H,19,23)(H,20,21)/t13-/m0/s1. The smallest absolute Gasteiger partial charge is 0.220 e. The van der Waals surface area contributed by atoms with Crippen molar-refractivity contribution in [3.8, 4) is 0 Å². The molecule has 0 fully saturated rings. The van der Waals surface area contributed by atoms with Crippen molar-refractivity contribution in [3.63, 3.8) is 0 Å². The predicted octanol–water partition coefficient (Wildman–Crippen LogP) is 2.73. The summed E-state index contributed by atoms with van der Waals surface area (Å²) in [6.07, 6.45) is 6.68. The summed E-state index contributed by atoms with van der Waals surface area (Å²) >= 11 is 0. The van der Waals surface area contributed by atoms with Gasteiger partial charge in [0, 0.05) is 25.4 Å². The molecular weight excluding hydrogens is 290 g/mol. The third-order valence-corrected chi connectivity index (χ3v) is 3.82. The van der Waals surface area contributed by atoms with E-state index in [1.807, 2.05) is 36.7 Å². The predicted molar refractivity (Wildman–Crippen MR) is 88.8 cm³/mol. The van der Waals surface area contributed by atoms with Gasteiger partial charge in [0.25, 0.3) is 0 Å². The summed E-state index contributed by atoms with van der Waals surface area (Å²) < 4.78 is 1.97. The largest absolute Gasteiger partial charge is 0.346 e. The Bertz CT molecular complexity index is 791. The van der Waals surface area contributed by atoms with Gasteiger partial charge in [-0.05, 0) is 38.0 Å². The molecule has 0 bridgehead atoms. The van der Waals surface area contributed by atoms with Crippen molar-refractivity contribution in [2.24, 2.45) is 0 Å². The summed E-state index contributed by atoms with van der Waals surface area (Å²) in [6, 6.07) is 5.95. The Morgan fingerprint density at radius 1 is 1.43 bits per heavy atom. The van der Waals surface area contributed by atoms with Crippen LogP contribution >= 0.6 is 0 Å². The molecule has 0 aliphatic heterocycles. The van der Waals surface area contributed by atoms with Gasteiger partial charge >= 0.3 is 0 Å². The highest BCUT2D eigenvalue weighted by Gasteiger charge is 2.13. The number of aromatic amines is 1. The molecule has 0 spiro atoms. The van der Waals surface area contributed by atoms with Crippen LogP contribution in [-0.2, 0) is 11.3 Å². The van der Waals surface area contributed by atoms with E-state index in [9.17, 15) is 4.79 Å². The molecule has 1 amide bonds. The van der Waals surface area contributed by atoms with Gasteiger partial charge in [0.1, 0.15) is 5.82 Å². The lowest BCUT2D eigenvalue weighted by atomic mass is 10.2. The lowest BCUT2D eigenvalue weighted by Crippen LogP contribution is -2.27. The monoisotopic (exact) mass is 311 g/mol. The summed E-state index contributed by atoms with van der Waals surface area (Å²) in [5.41, 5.74) is 3.11. The molecule has 1 atom stereocenters. The Labute approximate surface area is 135 Å². The van der Waals surface area contributed by atoms with E-state index < -0.39 is 0 Å². The van der Waals surface area contributed by atoms with Gasteiger partial charge in [-0.25, -0.2) is 9.97 Å². The first-order valence-corrected chi connectivity index (χ1v) is 7.83. The van der Waals surface area contributed by atoms with Gasteiger partial charge in [-0.2, -0.15) is 0 Å². The fourth-order valence-corrected chi connectivity index (χ4v) is 2.57. The lowest BCUT2D eigenvalue weighted by Gasteiger charge is -2.11. The number of carbonyl (C=O) groups excluding carboxylic acids is 1. The molecule has 120 valence electrons. The molecule has 0 aliphatic carbocycles. The maximum atomic E-state index is 12.0.